The van der Waals surface area contributed by atoms with Crippen LogP contribution in [0.5, 0.6) is 0 Å². The molecule has 0 amide bonds. The number of fused-ring (bicyclic) bond motifs is 1. The minimum absolute atomic E-state index is 0.602. The van der Waals surface area contributed by atoms with Crippen LogP contribution >= 0.6 is 0 Å². The molecule has 0 radical (unpaired) electrons. The van der Waals surface area contributed by atoms with Crippen LogP contribution < -0.4 is 10.2 Å². The first-order valence-electron chi connectivity index (χ1n) is 13.8. The zero-order chi connectivity index (χ0) is 24.0. The van der Waals surface area contributed by atoms with Gasteiger partial charge in [-0.3, -0.25) is 0 Å². The minimum atomic E-state index is 0.602. The Morgan fingerprint density at radius 3 is 2.43 bits per heavy atom. The first-order chi connectivity index (χ1) is 17.0. The van der Waals surface area contributed by atoms with Crippen molar-refractivity contribution in [1.29, 1.82) is 0 Å². The third kappa shape index (κ3) is 4.46. The molecular formula is C31H42N4. The van der Waals surface area contributed by atoms with Crippen LogP contribution in [0.3, 0.4) is 0 Å². The molecule has 2 aromatic carbocycles. The number of nitrogens with one attached hydrogen (secondary N) is 1. The fourth-order valence-electron chi connectivity index (χ4n) is 7.20. The standard InChI is InChI=1S/C31H42N4/c1-23-5-4-6-27(17-23)34-13-9-25(10-14-34)22-33-15-11-31(12-16-33)19-28(20-31)35-21-24(2)29-18-26(32-3)7-8-30(29)35/h4-8,17-18,21,25,28,32H,9-16,19-20,22H2,1-3H3. The van der Waals surface area contributed by atoms with Crippen molar-refractivity contribution in [2.45, 2.75) is 58.4 Å². The highest BCUT2D eigenvalue weighted by Crippen LogP contribution is 2.55. The van der Waals surface area contributed by atoms with Gasteiger partial charge in [-0.15, -0.1) is 0 Å². The van der Waals surface area contributed by atoms with Gasteiger partial charge < -0.3 is 19.7 Å². The topological polar surface area (TPSA) is 23.4 Å². The van der Waals surface area contributed by atoms with Gasteiger partial charge in [0, 0.05) is 61.2 Å². The summed E-state index contributed by atoms with van der Waals surface area (Å²) in [7, 11) is 2.00. The van der Waals surface area contributed by atoms with Gasteiger partial charge in [0.1, 0.15) is 0 Å². The van der Waals surface area contributed by atoms with Crippen LogP contribution in [-0.2, 0) is 0 Å². The first kappa shape index (κ1) is 23.0. The van der Waals surface area contributed by atoms with Crippen molar-refractivity contribution in [3.63, 3.8) is 0 Å². The summed E-state index contributed by atoms with van der Waals surface area (Å²) in [5.41, 5.74) is 7.41. The van der Waals surface area contributed by atoms with Crippen molar-refractivity contribution in [3.05, 3.63) is 59.8 Å². The fourth-order valence-corrected chi connectivity index (χ4v) is 7.20. The van der Waals surface area contributed by atoms with E-state index in [4.69, 9.17) is 0 Å². The number of likely N-dealkylation sites (tertiary alicyclic amines) is 1. The first-order valence-corrected chi connectivity index (χ1v) is 13.8. The van der Waals surface area contributed by atoms with Crippen LogP contribution in [-0.4, -0.2) is 49.2 Å². The molecule has 2 saturated heterocycles. The predicted octanol–water partition coefficient (Wildman–Crippen LogP) is 6.63. The third-order valence-electron chi connectivity index (χ3n) is 9.47. The molecule has 0 unspecified atom stereocenters. The SMILES string of the molecule is CNc1ccc2c(c1)c(C)cn2C1CC2(CCN(CC3CCN(c4cccc(C)c4)CC3)CC2)C1. The summed E-state index contributed by atoms with van der Waals surface area (Å²) in [6.45, 7) is 10.8. The number of hydrogen-bond donors (Lipinski definition) is 1. The molecular weight excluding hydrogens is 428 g/mol. The van der Waals surface area contributed by atoms with Gasteiger partial charge in [-0.2, -0.15) is 0 Å². The summed E-state index contributed by atoms with van der Waals surface area (Å²) in [5, 5.41) is 4.69. The van der Waals surface area contributed by atoms with Crippen LogP contribution in [0.15, 0.2) is 48.7 Å². The van der Waals surface area contributed by atoms with E-state index in [0.717, 1.165) is 5.92 Å². The maximum atomic E-state index is 3.29. The maximum Gasteiger partial charge on any atom is 0.0487 e. The summed E-state index contributed by atoms with van der Waals surface area (Å²) in [6.07, 6.45) is 10.6. The molecule has 4 heteroatoms. The smallest absolute Gasteiger partial charge is 0.0487 e. The highest BCUT2D eigenvalue weighted by Gasteiger charge is 2.46. The highest BCUT2D eigenvalue weighted by molar-refractivity contribution is 5.87. The Hall–Kier alpha value is -2.46. The summed E-state index contributed by atoms with van der Waals surface area (Å²) in [6, 6.07) is 16.5. The number of hydrogen-bond acceptors (Lipinski definition) is 3. The van der Waals surface area contributed by atoms with Crippen LogP contribution in [0.4, 0.5) is 11.4 Å². The van der Waals surface area contributed by atoms with E-state index in [0.29, 0.717) is 11.5 Å². The number of aryl methyl sites for hydroxylation is 2. The van der Waals surface area contributed by atoms with Crippen LogP contribution in [0.1, 0.15) is 55.7 Å². The molecule has 1 spiro atoms. The van der Waals surface area contributed by atoms with Crippen LogP contribution in [0, 0.1) is 25.2 Å². The molecule has 0 atom stereocenters. The van der Waals surface area contributed by atoms with Gasteiger partial charge in [0.05, 0.1) is 0 Å². The Bertz CT molecular complexity index is 1170. The lowest BCUT2D eigenvalue weighted by atomic mass is 9.60. The van der Waals surface area contributed by atoms with E-state index < -0.39 is 0 Å². The number of nitrogens with zero attached hydrogens (tertiary/aromatic N) is 3. The summed E-state index contributed by atoms with van der Waals surface area (Å²) in [4.78, 5) is 5.38. The second-order valence-corrected chi connectivity index (χ2v) is 11.8. The third-order valence-corrected chi connectivity index (χ3v) is 9.47. The lowest BCUT2D eigenvalue weighted by Gasteiger charge is -2.53. The van der Waals surface area contributed by atoms with E-state index in [-0.39, 0.29) is 0 Å². The summed E-state index contributed by atoms with van der Waals surface area (Å²) in [5.74, 6) is 0.871. The number of aromatic nitrogens is 1. The van der Waals surface area contributed by atoms with Crippen molar-refractivity contribution >= 4 is 22.3 Å². The van der Waals surface area contributed by atoms with Gasteiger partial charge in [-0.1, -0.05) is 12.1 Å². The largest absolute Gasteiger partial charge is 0.388 e. The lowest BCUT2D eigenvalue weighted by molar-refractivity contribution is -0.01000. The van der Waals surface area contributed by atoms with Crippen molar-refractivity contribution in [2.24, 2.45) is 11.3 Å². The monoisotopic (exact) mass is 470 g/mol. The van der Waals surface area contributed by atoms with Crippen molar-refractivity contribution in [3.8, 4) is 0 Å². The Morgan fingerprint density at radius 1 is 0.943 bits per heavy atom. The number of piperidine rings is 2. The van der Waals surface area contributed by atoms with Crippen molar-refractivity contribution in [2.75, 3.05) is 50.0 Å². The van der Waals surface area contributed by atoms with Gasteiger partial charge in [0.15, 0.2) is 0 Å². The van der Waals surface area contributed by atoms with E-state index >= 15 is 0 Å². The average molecular weight is 471 g/mol. The molecule has 3 heterocycles. The molecule has 2 aliphatic heterocycles. The lowest BCUT2D eigenvalue weighted by Crippen LogP contribution is -2.49. The molecule has 3 aliphatic rings. The molecule has 1 saturated carbocycles. The number of benzene rings is 2. The second kappa shape index (κ2) is 9.20. The number of anilines is 2. The van der Waals surface area contributed by atoms with Crippen LogP contribution in [0.25, 0.3) is 10.9 Å². The summed E-state index contributed by atoms with van der Waals surface area (Å²) < 4.78 is 2.59. The number of rotatable bonds is 5. The van der Waals surface area contributed by atoms with Crippen LogP contribution in [0.2, 0.25) is 0 Å². The van der Waals surface area contributed by atoms with Crippen molar-refractivity contribution in [1.82, 2.24) is 9.47 Å². The normalized spacial score (nSPS) is 21.5. The maximum absolute atomic E-state index is 3.29. The Labute approximate surface area is 211 Å². The molecule has 3 aromatic rings. The summed E-state index contributed by atoms with van der Waals surface area (Å²) >= 11 is 0. The van der Waals surface area contributed by atoms with Gasteiger partial charge >= 0.3 is 0 Å². The van der Waals surface area contributed by atoms with E-state index in [2.05, 4.69) is 82.2 Å². The van der Waals surface area contributed by atoms with Gasteiger partial charge in [0.25, 0.3) is 0 Å². The molecule has 1 aliphatic carbocycles. The molecule has 1 aromatic heterocycles. The van der Waals surface area contributed by atoms with E-state index in [1.807, 2.05) is 7.05 Å². The highest BCUT2D eigenvalue weighted by atomic mass is 15.2. The average Bonchev–Trinajstić information content (AvgIpc) is 3.19. The molecule has 35 heavy (non-hydrogen) atoms. The molecule has 3 fully saturated rings. The zero-order valence-electron chi connectivity index (χ0n) is 21.9. The molecule has 1 N–H and O–H groups in total. The second-order valence-electron chi connectivity index (χ2n) is 11.8. The Kier molecular flexibility index (Phi) is 6.04. The Morgan fingerprint density at radius 2 is 1.71 bits per heavy atom. The van der Waals surface area contributed by atoms with E-state index in [9.17, 15) is 0 Å². The molecule has 0 bridgehead atoms. The minimum Gasteiger partial charge on any atom is -0.388 e. The molecule has 186 valence electrons. The van der Waals surface area contributed by atoms with Gasteiger partial charge in [0.2, 0.25) is 0 Å². The fraction of sp³-hybridized carbons (Fsp3) is 0.548. The Balaban J connectivity index is 0.995. The molecule has 6 rings (SSSR count). The molecule has 4 nitrogen and oxygen atoms in total. The zero-order valence-corrected chi connectivity index (χ0v) is 21.9. The van der Waals surface area contributed by atoms with Gasteiger partial charge in [-0.05, 0) is 118 Å². The van der Waals surface area contributed by atoms with E-state index in [1.165, 1.54) is 105 Å². The van der Waals surface area contributed by atoms with Gasteiger partial charge in [-0.25, -0.2) is 0 Å². The van der Waals surface area contributed by atoms with Crippen molar-refractivity contribution < 1.29 is 0 Å². The quantitative estimate of drug-likeness (QED) is 0.452. The van der Waals surface area contributed by atoms with E-state index in [1.54, 1.807) is 0 Å². The predicted molar refractivity (Wildman–Crippen MR) is 149 cm³/mol.